The molecule has 0 saturated carbocycles. The molecule has 0 fully saturated rings. The molecule has 1 heterocycles. The largest absolute Gasteiger partial charge is 0.417 e. The molecule has 5 nitrogen and oxygen atoms in total. The molecule has 1 aromatic heterocycles. The van der Waals surface area contributed by atoms with Crippen molar-refractivity contribution >= 4 is 38.5 Å². The molecule has 9 heteroatoms. The van der Waals surface area contributed by atoms with Gasteiger partial charge < -0.3 is 9.99 Å². The molecule has 0 spiro atoms. The summed E-state index contributed by atoms with van der Waals surface area (Å²) in [6, 6.07) is 25.2. The average Bonchev–Trinajstić information content (AvgIpc) is 3.29. The van der Waals surface area contributed by atoms with E-state index in [9.17, 15) is 17.4 Å². The van der Waals surface area contributed by atoms with Gasteiger partial charge in [0.2, 0.25) is 11.3 Å². The summed E-state index contributed by atoms with van der Waals surface area (Å²) in [4.78, 5) is 2.13. The van der Waals surface area contributed by atoms with E-state index in [1.54, 1.807) is 24.3 Å². The molecule has 0 saturated heterocycles. The summed E-state index contributed by atoms with van der Waals surface area (Å²) in [7, 11) is 0. The van der Waals surface area contributed by atoms with Crippen molar-refractivity contribution in [1.29, 1.82) is 0 Å². The molecule has 0 aliphatic carbocycles. The Bertz CT molecular complexity index is 1530. The van der Waals surface area contributed by atoms with Gasteiger partial charge in [-0.1, -0.05) is 48.5 Å². The van der Waals surface area contributed by atoms with Crippen molar-refractivity contribution in [2.24, 2.45) is 0 Å². The first-order valence-corrected chi connectivity index (χ1v) is 11.3. The minimum Gasteiger partial charge on any atom is -0.316 e. The van der Waals surface area contributed by atoms with E-state index in [0.717, 1.165) is 33.8 Å². The Kier molecular flexibility index (Phi) is 5.60. The van der Waals surface area contributed by atoms with Gasteiger partial charge in [-0.15, -0.1) is 4.83 Å². The van der Waals surface area contributed by atoms with Gasteiger partial charge >= 0.3 is 6.18 Å². The molecule has 4 aromatic carbocycles. The van der Waals surface area contributed by atoms with Crippen molar-refractivity contribution < 1.29 is 21.9 Å². The Labute approximate surface area is 195 Å². The number of hydrogen-bond acceptors (Lipinski definition) is 2. The van der Waals surface area contributed by atoms with Gasteiger partial charge in [-0.25, -0.2) is 4.21 Å². The highest BCUT2D eigenvalue weighted by Crippen LogP contribution is 2.37. The van der Waals surface area contributed by atoms with Gasteiger partial charge in [0.1, 0.15) is 0 Å². The SMILES string of the molecule is O=S(O)NNc1ccc(-n2cc(C(F)(F)F)cc2-c2ccc3c(ccc4ccccc43)c2)cc1. The van der Waals surface area contributed by atoms with Gasteiger partial charge in [0, 0.05) is 17.6 Å². The number of anilines is 1. The zero-order valence-electron chi connectivity index (χ0n) is 17.5. The van der Waals surface area contributed by atoms with Crippen molar-refractivity contribution in [3.05, 3.63) is 96.7 Å². The van der Waals surface area contributed by atoms with Gasteiger partial charge in [-0.2, -0.15) is 13.2 Å². The third-order valence-corrected chi connectivity index (χ3v) is 5.89. The molecule has 5 rings (SSSR count). The number of benzene rings is 4. The van der Waals surface area contributed by atoms with E-state index >= 15 is 0 Å². The summed E-state index contributed by atoms with van der Waals surface area (Å²) in [6.07, 6.45) is -3.42. The van der Waals surface area contributed by atoms with Crippen LogP contribution in [0, 0.1) is 0 Å². The standard InChI is InChI=1S/C25H18F3N3O2S/c26-25(27,28)19-14-24(31(15-19)21-10-8-20(9-11-21)29-30-34(32)33)18-7-12-23-17(13-18)6-5-16-3-1-2-4-22(16)23/h1-15,29-30H,(H,32,33). The number of alkyl halides is 3. The van der Waals surface area contributed by atoms with Gasteiger partial charge in [0.05, 0.1) is 11.3 Å². The minimum atomic E-state index is -4.50. The molecule has 5 aromatic rings. The summed E-state index contributed by atoms with van der Waals surface area (Å²) < 4.78 is 61.8. The highest BCUT2D eigenvalue weighted by atomic mass is 32.2. The number of hydrogen-bond donors (Lipinski definition) is 3. The number of fused-ring (bicyclic) bond motifs is 3. The fourth-order valence-electron chi connectivity index (χ4n) is 4.03. The third-order valence-electron chi connectivity index (χ3n) is 5.62. The van der Waals surface area contributed by atoms with Crippen molar-refractivity contribution in [3.8, 4) is 16.9 Å². The second kappa shape index (κ2) is 8.60. The van der Waals surface area contributed by atoms with Crippen LogP contribution in [0.4, 0.5) is 18.9 Å². The number of halogens is 3. The van der Waals surface area contributed by atoms with Crippen molar-refractivity contribution in [1.82, 2.24) is 9.40 Å². The summed E-state index contributed by atoms with van der Waals surface area (Å²) in [5.41, 5.74) is 3.84. The van der Waals surface area contributed by atoms with Crippen LogP contribution in [0.5, 0.6) is 0 Å². The number of rotatable bonds is 5. The summed E-state index contributed by atoms with van der Waals surface area (Å²) >= 11 is -2.25. The Morgan fingerprint density at radius 3 is 2.26 bits per heavy atom. The molecular weight excluding hydrogens is 463 g/mol. The quantitative estimate of drug-likeness (QED) is 0.152. The molecule has 172 valence electrons. The maximum Gasteiger partial charge on any atom is 0.417 e. The van der Waals surface area contributed by atoms with E-state index in [2.05, 4.69) is 10.3 Å². The predicted molar refractivity (Wildman–Crippen MR) is 129 cm³/mol. The first-order valence-electron chi connectivity index (χ1n) is 10.2. The Hall–Kier alpha value is -3.66. The lowest BCUT2D eigenvalue weighted by Crippen LogP contribution is -2.23. The maximum atomic E-state index is 13.6. The number of aromatic nitrogens is 1. The first-order chi connectivity index (χ1) is 16.3. The summed E-state index contributed by atoms with van der Waals surface area (Å²) in [5, 5.41) is 4.14. The molecule has 1 atom stereocenters. The van der Waals surface area contributed by atoms with Crippen LogP contribution in [0.15, 0.2) is 91.1 Å². The molecule has 0 radical (unpaired) electrons. The van der Waals surface area contributed by atoms with Crippen LogP contribution < -0.4 is 10.3 Å². The normalized spacial score (nSPS) is 12.8. The molecule has 1 unspecified atom stereocenters. The first kappa shape index (κ1) is 22.1. The second-order valence-electron chi connectivity index (χ2n) is 7.73. The lowest BCUT2D eigenvalue weighted by molar-refractivity contribution is -0.137. The summed E-state index contributed by atoms with van der Waals surface area (Å²) in [6.45, 7) is 0. The van der Waals surface area contributed by atoms with Crippen molar-refractivity contribution in [2.45, 2.75) is 6.18 Å². The molecule has 0 bridgehead atoms. The van der Waals surface area contributed by atoms with Crippen molar-refractivity contribution in [3.63, 3.8) is 0 Å². The number of hydrazine groups is 1. The monoisotopic (exact) mass is 481 g/mol. The van der Waals surface area contributed by atoms with E-state index in [1.165, 1.54) is 4.57 Å². The lowest BCUT2D eigenvalue weighted by atomic mass is 9.99. The fourth-order valence-corrected chi connectivity index (χ4v) is 4.24. The van der Waals surface area contributed by atoms with Crippen LogP contribution in [0.1, 0.15) is 5.56 Å². The van der Waals surface area contributed by atoms with Crippen molar-refractivity contribution in [2.75, 3.05) is 5.43 Å². The van der Waals surface area contributed by atoms with Crippen LogP contribution in [-0.4, -0.2) is 13.3 Å². The zero-order chi connectivity index (χ0) is 23.9. The fraction of sp³-hybridized carbons (Fsp3) is 0.0400. The molecule has 0 aliphatic heterocycles. The Balaban J connectivity index is 1.61. The molecule has 0 amide bonds. The van der Waals surface area contributed by atoms with Crippen LogP contribution in [0.2, 0.25) is 0 Å². The summed E-state index contributed by atoms with van der Waals surface area (Å²) in [5.74, 6) is 0. The van der Waals surface area contributed by atoms with E-state index in [0.29, 0.717) is 22.6 Å². The zero-order valence-corrected chi connectivity index (χ0v) is 18.3. The second-order valence-corrected chi connectivity index (χ2v) is 8.43. The van der Waals surface area contributed by atoms with Gasteiger partial charge in [0.25, 0.3) is 0 Å². The minimum absolute atomic E-state index is 0.401. The number of nitrogens with zero attached hydrogens (tertiary/aromatic N) is 1. The van der Waals surface area contributed by atoms with Crippen LogP contribution in [0.25, 0.3) is 38.5 Å². The van der Waals surface area contributed by atoms with E-state index < -0.39 is 23.0 Å². The lowest BCUT2D eigenvalue weighted by Gasteiger charge is -2.12. The van der Waals surface area contributed by atoms with Gasteiger partial charge in [-0.05, 0) is 63.5 Å². The van der Waals surface area contributed by atoms with E-state index in [1.807, 2.05) is 54.6 Å². The third kappa shape index (κ3) is 4.28. The molecule has 0 aliphatic rings. The van der Waals surface area contributed by atoms with E-state index in [4.69, 9.17) is 4.55 Å². The predicted octanol–water partition coefficient (Wildman–Crippen LogP) is 6.52. The molecule has 34 heavy (non-hydrogen) atoms. The topological polar surface area (TPSA) is 66.3 Å². The van der Waals surface area contributed by atoms with Crippen LogP contribution in [-0.2, 0) is 17.4 Å². The molecule has 3 N–H and O–H groups in total. The highest BCUT2D eigenvalue weighted by molar-refractivity contribution is 7.77. The Morgan fingerprint density at radius 1 is 0.824 bits per heavy atom. The van der Waals surface area contributed by atoms with Crippen LogP contribution in [0.3, 0.4) is 0 Å². The Morgan fingerprint density at radius 2 is 1.53 bits per heavy atom. The average molecular weight is 481 g/mol. The highest BCUT2D eigenvalue weighted by Gasteiger charge is 2.33. The van der Waals surface area contributed by atoms with Crippen LogP contribution >= 0.6 is 0 Å². The maximum absolute atomic E-state index is 13.6. The smallest absolute Gasteiger partial charge is 0.316 e. The van der Waals surface area contributed by atoms with Gasteiger partial charge in [-0.3, -0.25) is 4.55 Å². The molecular formula is C25H18F3N3O2S. The van der Waals surface area contributed by atoms with E-state index in [-0.39, 0.29) is 0 Å². The van der Waals surface area contributed by atoms with Gasteiger partial charge in [0.15, 0.2) is 0 Å². The number of nitrogens with one attached hydrogen (secondary N) is 2.